The average molecular weight is 244 g/mol. The van der Waals surface area contributed by atoms with Gasteiger partial charge < -0.3 is 9.84 Å². The van der Waals surface area contributed by atoms with E-state index in [4.69, 9.17) is 4.74 Å². The van der Waals surface area contributed by atoms with E-state index >= 15 is 0 Å². The Morgan fingerprint density at radius 3 is 2.47 bits per heavy atom. The molecule has 0 heterocycles. The quantitative estimate of drug-likeness (QED) is 0.833. The minimum Gasteiger partial charge on any atom is -0.390 e. The van der Waals surface area contributed by atoms with Crippen LogP contribution in [0, 0.1) is 11.6 Å². The van der Waals surface area contributed by atoms with E-state index in [0.717, 1.165) is 12.1 Å². The van der Waals surface area contributed by atoms with Crippen molar-refractivity contribution in [1.29, 1.82) is 0 Å². The second kappa shape index (κ2) is 6.67. The van der Waals surface area contributed by atoms with Gasteiger partial charge in [0.05, 0.1) is 12.2 Å². The highest BCUT2D eigenvalue weighted by Gasteiger charge is 2.18. The van der Waals surface area contributed by atoms with Crippen molar-refractivity contribution < 1.29 is 18.6 Å². The number of benzene rings is 1. The first-order chi connectivity index (χ1) is 8.08. The molecule has 0 saturated heterocycles. The lowest BCUT2D eigenvalue weighted by Gasteiger charge is -2.21. The van der Waals surface area contributed by atoms with E-state index in [2.05, 4.69) is 0 Å². The van der Waals surface area contributed by atoms with Gasteiger partial charge in [-0.15, -0.1) is 0 Å². The van der Waals surface area contributed by atoms with Gasteiger partial charge in [0.15, 0.2) is 11.6 Å². The van der Waals surface area contributed by atoms with E-state index in [0.29, 0.717) is 18.6 Å². The maximum Gasteiger partial charge on any atom is 0.159 e. The van der Waals surface area contributed by atoms with Crippen molar-refractivity contribution in [2.24, 2.45) is 0 Å². The van der Waals surface area contributed by atoms with E-state index in [1.54, 1.807) is 0 Å². The molecule has 2 atom stereocenters. The summed E-state index contributed by atoms with van der Waals surface area (Å²) in [5.41, 5.74) is 0.564. The lowest BCUT2D eigenvalue weighted by molar-refractivity contribution is -0.0335. The van der Waals surface area contributed by atoms with Gasteiger partial charge in [-0.3, -0.25) is 0 Å². The van der Waals surface area contributed by atoms with E-state index in [1.165, 1.54) is 6.07 Å². The molecule has 0 aliphatic carbocycles. The molecule has 2 nitrogen and oxygen atoms in total. The Morgan fingerprint density at radius 1 is 1.24 bits per heavy atom. The number of rotatable bonds is 6. The fourth-order valence-electron chi connectivity index (χ4n) is 1.75. The summed E-state index contributed by atoms with van der Waals surface area (Å²) in [7, 11) is 0. The van der Waals surface area contributed by atoms with E-state index < -0.39 is 17.7 Å². The Labute approximate surface area is 100 Å². The number of aliphatic hydroxyl groups is 1. The van der Waals surface area contributed by atoms with Gasteiger partial charge in [-0.1, -0.05) is 13.0 Å². The van der Waals surface area contributed by atoms with Crippen molar-refractivity contribution in [3.05, 3.63) is 35.4 Å². The van der Waals surface area contributed by atoms with Crippen molar-refractivity contribution in [2.45, 2.75) is 38.9 Å². The molecule has 2 unspecified atom stereocenters. The monoisotopic (exact) mass is 244 g/mol. The summed E-state index contributed by atoms with van der Waals surface area (Å²) in [5.74, 6) is -1.76. The Kier molecular flexibility index (Phi) is 5.51. The molecule has 17 heavy (non-hydrogen) atoms. The van der Waals surface area contributed by atoms with Crippen molar-refractivity contribution in [3.8, 4) is 0 Å². The molecule has 0 radical (unpaired) electrons. The van der Waals surface area contributed by atoms with Gasteiger partial charge in [0.1, 0.15) is 0 Å². The summed E-state index contributed by atoms with van der Waals surface area (Å²) in [6.45, 7) is 4.29. The molecule has 0 amide bonds. The molecule has 0 spiro atoms. The van der Waals surface area contributed by atoms with Crippen molar-refractivity contribution in [2.75, 3.05) is 6.61 Å². The first-order valence-electron chi connectivity index (χ1n) is 5.82. The predicted molar refractivity (Wildman–Crippen MR) is 61.8 cm³/mol. The average Bonchev–Trinajstić information content (AvgIpc) is 2.30. The summed E-state index contributed by atoms with van der Waals surface area (Å²) >= 11 is 0. The number of hydrogen-bond donors (Lipinski definition) is 1. The minimum atomic E-state index is -0.890. The van der Waals surface area contributed by atoms with Crippen LogP contribution in [0.25, 0.3) is 0 Å². The zero-order chi connectivity index (χ0) is 12.8. The normalized spacial score (nSPS) is 14.6. The third-order valence-electron chi connectivity index (χ3n) is 2.64. The molecule has 0 fully saturated rings. The molecule has 1 N–H and O–H groups in total. The molecule has 1 aromatic rings. The van der Waals surface area contributed by atoms with Crippen LogP contribution in [0.1, 0.15) is 25.8 Å². The van der Waals surface area contributed by atoms with Crippen molar-refractivity contribution >= 4 is 0 Å². The topological polar surface area (TPSA) is 29.5 Å². The first kappa shape index (κ1) is 14.1. The SMILES string of the molecule is CCOC(CC)C(O)Cc1ccc(F)c(F)c1. The first-order valence-corrected chi connectivity index (χ1v) is 5.82. The maximum atomic E-state index is 13.0. The van der Waals surface area contributed by atoms with Crippen LogP contribution in [-0.2, 0) is 11.2 Å². The van der Waals surface area contributed by atoms with E-state index in [9.17, 15) is 13.9 Å². The number of halogens is 2. The van der Waals surface area contributed by atoms with Gasteiger partial charge in [0.2, 0.25) is 0 Å². The molecule has 96 valence electrons. The van der Waals surface area contributed by atoms with Gasteiger partial charge in [0, 0.05) is 13.0 Å². The fraction of sp³-hybridized carbons (Fsp3) is 0.538. The number of aliphatic hydroxyl groups excluding tert-OH is 1. The lowest BCUT2D eigenvalue weighted by Crippen LogP contribution is -2.30. The summed E-state index contributed by atoms with van der Waals surface area (Å²) in [6.07, 6.45) is -0.0353. The minimum absolute atomic E-state index is 0.260. The third kappa shape index (κ3) is 4.06. The molecular weight excluding hydrogens is 226 g/mol. The van der Waals surface area contributed by atoms with Crippen LogP contribution < -0.4 is 0 Å². The van der Waals surface area contributed by atoms with Crippen molar-refractivity contribution in [1.82, 2.24) is 0 Å². The van der Waals surface area contributed by atoms with Crippen LogP contribution in [-0.4, -0.2) is 23.9 Å². The molecule has 4 heteroatoms. The largest absolute Gasteiger partial charge is 0.390 e. The van der Waals surface area contributed by atoms with Crippen LogP contribution >= 0.6 is 0 Å². The van der Waals surface area contributed by atoms with Gasteiger partial charge in [-0.25, -0.2) is 8.78 Å². The Balaban J connectivity index is 2.66. The van der Waals surface area contributed by atoms with Gasteiger partial charge in [-0.2, -0.15) is 0 Å². The van der Waals surface area contributed by atoms with Gasteiger partial charge in [-0.05, 0) is 31.0 Å². The molecule has 0 aliphatic rings. The summed E-state index contributed by atoms with van der Waals surface area (Å²) in [6, 6.07) is 3.65. The Hall–Kier alpha value is -1.00. The standard InChI is InChI=1S/C13H18F2O2/c1-3-13(17-4-2)12(16)8-9-5-6-10(14)11(15)7-9/h5-7,12-13,16H,3-4,8H2,1-2H3. The van der Waals surface area contributed by atoms with Crippen LogP contribution in [0.2, 0.25) is 0 Å². The third-order valence-corrected chi connectivity index (χ3v) is 2.64. The molecule has 0 aromatic heterocycles. The maximum absolute atomic E-state index is 13.0. The summed E-state index contributed by atoms with van der Waals surface area (Å²) in [5, 5.41) is 9.91. The Morgan fingerprint density at radius 2 is 1.94 bits per heavy atom. The smallest absolute Gasteiger partial charge is 0.159 e. The van der Waals surface area contributed by atoms with Crippen LogP contribution in [0.5, 0.6) is 0 Å². The van der Waals surface area contributed by atoms with E-state index in [1.807, 2.05) is 13.8 Å². The van der Waals surface area contributed by atoms with Crippen LogP contribution in [0.4, 0.5) is 8.78 Å². The van der Waals surface area contributed by atoms with Gasteiger partial charge >= 0.3 is 0 Å². The molecule has 0 bridgehead atoms. The van der Waals surface area contributed by atoms with E-state index in [-0.39, 0.29) is 12.5 Å². The zero-order valence-corrected chi connectivity index (χ0v) is 10.1. The molecule has 0 aliphatic heterocycles. The van der Waals surface area contributed by atoms with Crippen molar-refractivity contribution in [3.63, 3.8) is 0 Å². The fourth-order valence-corrected chi connectivity index (χ4v) is 1.75. The summed E-state index contributed by atoms with van der Waals surface area (Å²) < 4.78 is 31.1. The van der Waals surface area contributed by atoms with Crippen LogP contribution in [0.3, 0.4) is 0 Å². The second-order valence-electron chi connectivity index (χ2n) is 3.92. The predicted octanol–water partition coefficient (Wildman–Crippen LogP) is 2.68. The van der Waals surface area contributed by atoms with Gasteiger partial charge in [0.25, 0.3) is 0 Å². The molecule has 1 rings (SSSR count). The molecule has 0 saturated carbocycles. The number of hydrogen-bond acceptors (Lipinski definition) is 2. The second-order valence-corrected chi connectivity index (χ2v) is 3.92. The highest BCUT2D eigenvalue weighted by molar-refractivity contribution is 5.18. The number of ether oxygens (including phenoxy) is 1. The zero-order valence-electron chi connectivity index (χ0n) is 10.1. The Bertz CT molecular complexity index is 355. The van der Waals surface area contributed by atoms with Crippen LogP contribution in [0.15, 0.2) is 18.2 Å². The summed E-state index contributed by atoms with van der Waals surface area (Å²) in [4.78, 5) is 0. The lowest BCUT2D eigenvalue weighted by atomic mass is 10.0. The molecule has 1 aromatic carbocycles. The highest BCUT2D eigenvalue weighted by atomic mass is 19.2. The molecular formula is C13H18F2O2. The highest BCUT2D eigenvalue weighted by Crippen LogP contribution is 2.14.